The van der Waals surface area contributed by atoms with Crippen molar-refractivity contribution in [3.8, 4) is 0 Å². The van der Waals surface area contributed by atoms with E-state index in [9.17, 15) is 18.0 Å². The molecule has 0 aliphatic carbocycles. The minimum atomic E-state index is -4.62. The summed E-state index contributed by atoms with van der Waals surface area (Å²) in [5, 5.41) is 12.0. The van der Waals surface area contributed by atoms with Gasteiger partial charge in [-0.3, -0.25) is 9.89 Å². The second-order valence-electron chi connectivity index (χ2n) is 6.85. The van der Waals surface area contributed by atoms with Crippen LogP contribution >= 0.6 is 0 Å². The number of carbonyl (C=O) groups excluding carboxylic acids is 1. The molecule has 1 amide bonds. The van der Waals surface area contributed by atoms with Crippen molar-refractivity contribution in [3.63, 3.8) is 0 Å². The standard InChI is InChI=1S/C21H17F3N6O/c1-12(27-19-15-7-2-3-8-16(15)25-11-26-19)13-5-4-6-14(9-13)28-20(31)17-10-18(30-29-17)21(22,23)24/h2-12H,1H3,(H,28,31)(H,29,30)(H,25,26,27). The average Bonchev–Trinajstić information content (AvgIpc) is 3.25. The Morgan fingerprint density at radius 2 is 1.87 bits per heavy atom. The lowest BCUT2D eigenvalue weighted by atomic mass is 10.1. The van der Waals surface area contributed by atoms with Gasteiger partial charge in [0.1, 0.15) is 17.8 Å². The van der Waals surface area contributed by atoms with Gasteiger partial charge in [0, 0.05) is 17.1 Å². The van der Waals surface area contributed by atoms with E-state index in [1.54, 1.807) is 18.2 Å². The van der Waals surface area contributed by atoms with Gasteiger partial charge in [-0.2, -0.15) is 18.3 Å². The molecule has 0 aliphatic rings. The fourth-order valence-electron chi connectivity index (χ4n) is 3.08. The van der Waals surface area contributed by atoms with Gasteiger partial charge < -0.3 is 10.6 Å². The number of halogens is 3. The second-order valence-corrected chi connectivity index (χ2v) is 6.85. The number of amides is 1. The van der Waals surface area contributed by atoms with E-state index in [2.05, 4.69) is 30.8 Å². The molecule has 7 nitrogen and oxygen atoms in total. The first kappa shape index (κ1) is 20.3. The molecule has 2 heterocycles. The number of para-hydroxylation sites is 1. The number of hydrogen-bond donors (Lipinski definition) is 3. The fraction of sp³-hybridized carbons (Fsp3) is 0.143. The third kappa shape index (κ3) is 4.47. The summed E-state index contributed by atoms with van der Waals surface area (Å²) in [6.45, 7) is 1.93. The molecule has 2 aromatic heterocycles. The molecule has 0 spiro atoms. The summed E-state index contributed by atoms with van der Waals surface area (Å²) >= 11 is 0. The first-order chi connectivity index (χ1) is 14.8. The highest BCUT2D eigenvalue weighted by atomic mass is 19.4. The molecule has 4 rings (SSSR count). The molecule has 0 radical (unpaired) electrons. The third-order valence-corrected chi connectivity index (χ3v) is 4.65. The van der Waals surface area contributed by atoms with Crippen molar-refractivity contribution in [1.29, 1.82) is 0 Å². The van der Waals surface area contributed by atoms with Crippen LogP contribution in [0, 0.1) is 0 Å². The number of nitrogens with one attached hydrogen (secondary N) is 3. The molecule has 158 valence electrons. The van der Waals surface area contributed by atoms with Crippen molar-refractivity contribution in [3.05, 3.63) is 77.9 Å². The van der Waals surface area contributed by atoms with Crippen molar-refractivity contribution in [2.24, 2.45) is 0 Å². The number of rotatable bonds is 5. The number of anilines is 2. The molecule has 0 bridgehead atoms. The Morgan fingerprint density at radius 1 is 1.06 bits per heavy atom. The van der Waals surface area contributed by atoms with E-state index < -0.39 is 17.8 Å². The van der Waals surface area contributed by atoms with E-state index in [-0.39, 0.29) is 11.7 Å². The van der Waals surface area contributed by atoms with Crippen LogP contribution in [0.3, 0.4) is 0 Å². The van der Waals surface area contributed by atoms with Crippen LogP contribution in [0.5, 0.6) is 0 Å². The molecule has 4 aromatic rings. The van der Waals surface area contributed by atoms with Crippen LogP contribution < -0.4 is 10.6 Å². The van der Waals surface area contributed by atoms with E-state index in [0.717, 1.165) is 16.5 Å². The Bertz CT molecular complexity index is 1230. The summed E-state index contributed by atoms with van der Waals surface area (Å²) in [7, 11) is 0. The number of nitrogens with zero attached hydrogens (tertiary/aromatic N) is 3. The van der Waals surface area contributed by atoms with E-state index in [1.165, 1.54) is 6.33 Å². The normalized spacial score (nSPS) is 12.5. The molecule has 1 unspecified atom stereocenters. The highest BCUT2D eigenvalue weighted by Crippen LogP contribution is 2.28. The SMILES string of the molecule is CC(Nc1ncnc2ccccc12)c1cccc(NC(=O)c2cc(C(F)(F)F)n[nH]2)c1. The minimum absolute atomic E-state index is 0.167. The van der Waals surface area contributed by atoms with Crippen LogP contribution in [0.15, 0.2) is 60.9 Å². The average molecular weight is 426 g/mol. The van der Waals surface area contributed by atoms with E-state index in [0.29, 0.717) is 17.6 Å². The summed E-state index contributed by atoms with van der Waals surface area (Å²) in [6.07, 6.45) is -3.14. The van der Waals surface area contributed by atoms with Crippen molar-refractivity contribution >= 4 is 28.3 Å². The fourth-order valence-corrected chi connectivity index (χ4v) is 3.08. The highest BCUT2D eigenvalue weighted by molar-refractivity contribution is 6.03. The Labute approximate surface area is 174 Å². The molecule has 0 aliphatic heterocycles. The van der Waals surface area contributed by atoms with Gasteiger partial charge in [0.05, 0.1) is 11.6 Å². The largest absolute Gasteiger partial charge is 0.435 e. The van der Waals surface area contributed by atoms with Gasteiger partial charge in [0.25, 0.3) is 5.91 Å². The number of benzene rings is 2. The summed E-state index contributed by atoms with van der Waals surface area (Å²) in [6, 6.07) is 15.1. The maximum absolute atomic E-state index is 12.7. The lowest BCUT2D eigenvalue weighted by Crippen LogP contribution is -2.13. The Hall–Kier alpha value is -3.95. The van der Waals surface area contributed by atoms with Crippen LogP contribution in [0.1, 0.15) is 34.7 Å². The Balaban J connectivity index is 1.50. The molecule has 0 saturated carbocycles. The zero-order chi connectivity index (χ0) is 22.0. The third-order valence-electron chi connectivity index (χ3n) is 4.65. The topological polar surface area (TPSA) is 95.6 Å². The number of aromatic amines is 1. The molecule has 10 heteroatoms. The molecule has 0 saturated heterocycles. The number of aromatic nitrogens is 4. The zero-order valence-corrected chi connectivity index (χ0v) is 16.2. The van der Waals surface area contributed by atoms with Gasteiger partial charge in [-0.15, -0.1) is 0 Å². The van der Waals surface area contributed by atoms with Crippen molar-refractivity contribution < 1.29 is 18.0 Å². The number of carbonyl (C=O) groups is 1. The summed E-state index contributed by atoms with van der Waals surface area (Å²) < 4.78 is 38.0. The first-order valence-electron chi connectivity index (χ1n) is 9.31. The lowest BCUT2D eigenvalue weighted by Gasteiger charge is -2.17. The predicted molar refractivity (Wildman–Crippen MR) is 110 cm³/mol. The molecule has 3 N–H and O–H groups in total. The quantitative estimate of drug-likeness (QED) is 0.426. The Kier molecular flexibility index (Phi) is 5.28. The van der Waals surface area contributed by atoms with E-state index in [4.69, 9.17) is 0 Å². The summed E-state index contributed by atoms with van der Waals surface area (Å²) in [5.74, 6) is -0.0489. The van der Waals surface area contributed by atoms with Crippen molar-refractivity contribution in [2.75, 3.05) is 10.6 Å². The van der Waals surface area contributed by atoms with Crippen LogP contribution in [0.2, 0.25) is 0 Å². The molecule has 31 heavy (non-hydrogen) atoms. The highest BCUT2D eigenvalue weighted by Gasteiger charge is 2.34. The molecule has 2 aromatic carbocycles. The van der Waals surface area contributed by atoms with Crippen LogP contribution in [-0.2, 0) is 6.18 Å². The molecular weight excluding hydrogens is 409 g/mol. The Morgan fingerprint density at radius 3 is 2.65 bits per heavy atom. The summed E-state index contributed by atoms with van der Waals surface area (Å²) in [5.41, 5.74) is 0.664. The number of hydrogen-bond acceptors (Lipinski definition) is 5. The molecule has 0 fully saturated rings. The monoisotopic (exact) mass is 426 g/mol. The van der Waals surface area contributed by atoms with Crippen molar-refractivity contribution in [1.82, 2.24) is 20.2 Å². The van der Waals surface area contributed by atoms with Gasteiger partial charge >= 0.3 is 6.18 Å². The smallest absolute Gasteiger partial charge is 0.363 e. The predicted octanol–water partition coefficient (Wildman–Crippen LogP) is 4.80. The van der Waals surface area contributed by atoms with Gasteiger partial charge in [-0.1, -0.05) is 24.3 Å². The second kappa shape index (κ2) is 8.05. The molecular formula is C21H17F3N6O. The van der Waals surface area contributed by atoms with E-state index in [1.807, 2.05) is 37.3 Å². The van der Waals surface area contributed by atoms with Gasteiger partial charge in [0.15, 0.2) is 5.69 Å². The lowest BCUT2D eigenvalue weighted by molar-refractivity contribution is -0.141. The van der Waals surface area contributed by atoms with Crippen molar-refractivity contribution in [2.45, 2.75) is 19.1 Å². The van der Waals surface area contributed by atoms with Gasteiger partial charge in [-0.05, 0) is 36.8 Å². The number of H-pyrrole nitrogens is 1. The van der Waals surface area contributed by atoms with E-state index >= 15 is 0 Å². The number of fused-ring (bicyclic) bond motifs is 1. The zero-order valence-electron chi connectivity index (χ0n) is 16.2. The van der Waals surface area contributed by atoms with Gasteiger partial charge in [0.2, 0.25) is 0 Å². The van der Waals surface area contributed by atoms with Crippen LogP contribution in [0.4, 0.5) is 24.7 Å². The minimum Gasteiger partial charge on any atom is -0.363 e. The summed E-state index contributed by atoms with van der Waals surface area (Å²) in [4.78, 5) is 20.8. The van der Waals surface area contributed by atoms with Gasteiger partial charge in [-0.25, -0.2) is 9.97 Å². The molecule has 1 atom stereocenters. The van der Waals surface area contributed by atoms with Crippen LogP contribution in [-0.4, -0.2) is 26.1 Å². The van der Waals surface area contributed by atoms with Crippen LogP contribution in [0.25, 0.3) is 10.9 Å². The number of alkyl halides is 3. The first-order valence-corrected chi connectivity index (χ1v) is 9.31. The maximum Gasteiger partial charge on any atom is 0.435 e. The maximum atomic E-state index is 12.7.